The highest BCUT2D eigenvalue weighted by Gasteiger charge is 2.33. The third-order valence-corrected chi connectivity index (χ3v) is 4.99. The lowest BCUT2D eigenvalue weighted by molar-refractivity contribution is -0.128. The molecule has 2 heterocycles. The van der Waals surface area contributed by atoms with Crippen molar-refractivity contribution in [3.8, 4) is 0 Å². The van der Waals surface area contributed by atoms with Crippen molar-refractivity contribution >= 4 is 11.8 Å². The standard InChI is InChI=1S/C22H22N4O3/c1-15-7-9-17(10-8-15)22(28)23-12-19-24-21(25-29-19)18-11-20(27)26(14-18)13-16-5-3-2-4-6-16/h2-10,18H,11-14H2,1H3,(H,23,28)/t18-/m0/s1. The summed E-state index contributed by atoms with van der Waals surface area (Å²) >= 11 is 0. The summed E-state index contributed by atoms with van der Waals surface area (Å²) in [5.41, 5.74) is 2.76. The number of hydrogen-bond acceptors (Lipinski definition) is 5. The number of nitrogens with zero attached hydrogens (tertiary/aromatic N) is 3. The minimum Gasteiger partial charge on any atom is -0.343 e. The molecule has 3 aromatic rings. The van der Waals surface area contributed by atoms with Gasteiger partial charge in [0.2, 0.25) is 11.8 Å². The molecule has 2 aromatic carbocycles. The highest BCUT2D eigenvalue weighted by Crippen LogP contribution is 2.27. The zero-order valence-electron chi connectivity index (χ0n) is 16.2. The lowest BCUT2D eigenvalue weighted by atomic mass is 10.1. The van der Waals surface area contributed by atoms with Gasteiger partial charge >= 0.3 is 0 Å². The molecule has 0 radical (unpaired) electrons. The second kappa shape index (κ2) is 8.26. The second-order valence-electron chi connectivity index (χ2n) is 7.26. The molecule has 1 aliphatic heterocycles. The lowest BCUT2D eigenvalue weighted by Crippen LogP contribution is -2.24. The molecule has 1 fully saturated rings. The van der Waals surface area contributed by atoms with E-state index in [2.05, 4.69) is 15.5 Å². The molecule has 1 saturated heterocycles. The Labute approximate surface area is 168 Å². The average molecular weight is 390 g/mol. The molecule has 1 atom stereocenters. The first-order valence-corrected chi connectivity index (χ1v) is 9.57. The SMILES string of the molecule is Cc1ccc(C(=O)NCc2nc([C@H]3CC(=O)N(Cc4ccccc4)C3)no2)cc1. The summed E-state index contributed by atoms with van der Waals surface area (Å²) in [4.78, 5) is 30.7. The topological polar surface area (TPSA) is 88.3 Å². The van der Waals surface area contributed by atoms with Crippen LogP contribution in [0.5, 0.6) is 0 Å². The summed E-state index contributed by atoms with van der Waals surface area (Å²) < 4.78 is 5.27. The molecule has 1 aromatic heterocycles. The van der Waals surface area contributed by atoms with Gasteiger partial charge in [-0.1, -0.05) is 53.2 Å². The Hall–Kier alpha value is -3.48. The van der Waals surface area contributed by atoms with E-state index in [0.717, 1.165) is 11.1 Å². The molecule has 2 amide bonds. The zero-order chi connectivity index (χ0) is 20.2. The monoisotopic (exact) mass is 390 g/mol. The first-order chi connectivity index (χ1) is 14.1. The Morgan fingerprint density at radius 1 is 1.17 bits per heavy atom. The van der Waals surface area contributed by atoms with Crippen LogP contribution in [0.2, 0.25) is 0 Å². The van der Waals surface area contributed by atoms with Gasteiger partial charge in [-0.2, -0.15) is 4.98 Å². The van der Waals surface area contributed by atoms with Gasteiger partial charge in [0, 0.05) is 31.0 Å². The molecule has 29 heavy (non-hydrogen) atoms. The fourth-order valence-electron chi connectivity index (χ4n) is 3.37. The quantitative estimate of drug-likeness (QED) is 0.699. The number of likely N-dealkylation sites (tertiary alicyclic amines) is 1. The van der Waals surface area contributed by atoms with Crippen molar-refractivity contribution in [1.29, 1.82) is 0 Å². The number of hydrogen-bond donors (Lipinski definition) is 1. The average Bonchev–Trinajstić information content (AvgIpc) is 3.34. The summed E-state index contributed by atoms with van der Waals surface area (Å²) in [6.07, 6.45) is 0.363. The maximum absolute atomic E-state index is 12.3. The van der Waals surface area contributed by atoms with E-state index in [-0.39, 0.29) is 24.3 Å². The van der Waals surface area contributed by atoms with Crippen LogP contribution in [0.3, 0.4) is 0 Å². The number of nitrogens with one attached hydrogen (secondary N) is 1. The number of aromatic nitrogens is 2. The van der Waals surface area contributed by atoms with Crippen molar-refractivity contribution in [3.05, 3.63) is 83.0 Å². The van der Waals surface area contributed by atoms with Crippen LogP contribution < -0.4 is 5.32 Å². The van der Waals surface area contributed by atoms with Crippen LogP contribution in [0, 0.1) is 6.92 Å². The first-order valence-electron chi connectivity index (χ1n) is 9.57. The number of aryl methyl sites for hydroxylation is 1. The van der Waals surface area contributed by atoms with Crippen LogP contribution in [0.1, 0.15) is 45.5 Å². The van der Waals surface area contributed by atoms with Crippen molar-refractivity contribution in [1.82, 2.24) is 20.4 Å². The van der Waals surface area contributed by atoms with Gasteiger partial charge < -0.3 is 14.7 Å². The maximum Gasteiger partial charge on any atom is 0.251 e. The van der Waals surface area contributed by atoms with Gasteiger partial charge in [-0.25, -0.2) is 0 Å². The zero-order valence-corrected chi connectivity index (χ0v) is 16.2. The van der Waals surface area contributed by atoms with Gasteiger partial charge in [-0.15, -0.1) is 0 Å². The van der Waals surface area contributed by atoms with Crippen molar-refractivity contribution < 1.29 is 14.1 Å². The van der Waals surface area contributed by atoms with Crippen molar-refractivity contribution in [3.63, 3.8) is 0 Å². The Morgan fingerprint density at radius 3 is 2.69 bits per heavy atom. The molecule has 0 spiro atoms. The van der Waals surface area contributed by atoms with Crippen LogP contribution in [0.15, 0.2) is 59.1 Å². The van der Waals surface area contributed by atoms with Gasteiger partial charge in [-0.05, 0) is 24.6 Å². The molecular formula is C22H22N4O3. The van der Waals surface area contributed by atoms with Gasteiger partial charge in [0.25, 0.3) is 5.91 Å². The van der Waals surface area contributed by atoms with Crippen LogP contribution >= 0.6 is 0 Å². The van der Waals surface area contributed by atoms with E-state index in [1.54, 1.807) is 12.1 Å². The van der Waals surface area contributed by atoms with Crippen LogP contribution in [-0.2, 0) is 17.9 Å². The number of carbonyl (C=O) groups excluding carboxylic acids is 2. The largest absolute Gasteiger partial charge is 0.343 e. The lowest BCUT2D eigenvalue weighted by Gasteiger charge is -2.15. The summed E-state index contributed by atoms with van der Waals surface area (Å²) in [7, 11) is 0. The Kier molecular flexibility index (Phi) is 5.37. The number of amides is 2. The highest BCUT2D eigenvalue weighted by molar-refractivity contribution is 5.94. The molecule has 7 heteroatoms. The van der Waals surface area contributed by atoms with E-state index < -0.39 is 0 Å². The molecule has 1 aliphatic rings. The fraction of sp³-hybridized carbons (Fsp3) is 0.273. The third-order valence-electron chi connectivity index (χ3n) is 4.99. The number of carbonyl (C=O) groups is 2. The van der Waals surface area contributed by atoms with E-state index in [0.29, 0.717) is 36.8 Å². The Balaban J connectivity index is 1.33. The highest BCUT2D eigenvalue weighted by atomic mass is 16.5. The van der Waals surface area contributed by atoms with Crippen molar-refractivity contribution in [2.24, 2.45) is 0 Å². The van der Waals surface area contributed by atoms with E-state index in [4.69, 9.17) is 4.52 Å². The minimum atomic E-state index is -0.199. The Bertz CT molecular complexity index is 998. The second-order valence-corrected chi connectivity index (χ2v) is 7.26. The third kappa shape index (κ3) is 4.51. The van der Waals surface area contributed by atoms with Gasteiger partial charge in [0.15, 0.2) is 5.82 Å². The molecule has 1 N–H and O–H groups in total. The van der Waals surface area contributed by atoms with Crippen LogP contribution in [0.25, 0.3) is 0 Å². The smallest absolute Gasteiger partial charge is 0.251 e. The van der Waals surface area contributed by atoms with E-state index in [1.807, 2.05) is 54.3 Å². The molecule has 0 aliphatic carbocycles. The molecule has 7 nitrogen and oxygen atoms in total. The van der Waals surface area contributed by atoms with Gasteiger partial charge in [0.05, 0.1) is 6.54 Å². The number of rotatable bonds is 6. The first kappa shape index (κ1) is 18.9. The summed E-state index contributed by atoms with van der Waals surface area (Å²) in [6, 6.07) is 17.2. The molecule has 0 saturated carbocycles. The Morgan fingerprint density at radius 2 is 1.93 bits per heavy atom. The van der Waals surface area contributed by atoms with Crippen molar-refractivity contribution in [2.75, 3.05) is 6.54 Å². The summed E-state index contributed by atoms with van der Waals surface area (Å²) in [6.45, 7) is 3.25. The predicted octanol–water partition coefficient (Wildman–Crippen LogP) is 2.82. The molecule has 0 unspecified atom stereocenters. The maximum atomic E-state index is 12.3. The van der Waals surface area contributed by atoms with E-state index >= 15 is 0 Å². The van der Waals surface area contributed by atoms with Crippen molar-refractivity contribution in [2.45, 2.75) is 32.4 Å². The molecule has 4 rings (SSSR count). The molecule has 148 valence electrons. The van der Waals surface area contributed by atoms with Gasteiger partial charge in [0.1, 0.15) is 0 Å². The minimum absolute atomic E-state index is 0.0814. The summed E-state index contributed by atoms with van der Waals surface area (Å²) in [5.74, 6) is 0.618. The molecular weight excluding hydrogens is 368 g/mol. The number of benzene rings is 2. The van der Waals surface area contributed by atoms with Gasteiger partial charge in [-0.3, -0.25) is 9.59 Å². The summed E-state index contributed by atoms with van der Waals surface area (Å²) in [5, 5.41) is 6.80. The molecule has 0 bridgehead atoms. The normalized spacial score (nSPS) is 16.2. The van der Waals surface area contributed by atoms with E-state index in [9.17, 15) is 9.59 Å². The fourth-order valence-corrected chi connectivity index (χ4v) is 3.37. The van der Waals surface area contributed by atoms with E-state index in [1.165, 1.54) is 0 Å². The van der Waals surface area contributed by atoms with Crippen LogP contribution in [-0.4, -0.2) is 33.4 Å². The van der Waals surface area contributed by atoms with Crippen LogP contribution in [0.4, 0.5) is 0 Å². The predicted molar refractivity (Wildman–Crippen MR) is 106 cm³/mol.